The average molecular weight is 406 g/mol. The third-order valence-corrected chi connectivity index (χ3v) is 4.65. The van der Waals surface area contributed by atoms with Crippen LogP contribution in [0.4, 0.5) is 0 Å². The Balaban J connectivity index is 2.15. The van der Waals surface area contributed by atoms with Crippen molar-refractivity contribution in [2.75, 3.05) is 20.3 Å². The summed E-state index contributed by atoms with van der Waals surface area (Å²) < 4.78 is 16.2. The fourth-order valence-corrected chi connectivity index (χ4v) is 3.23. The molecule has 0 fully saturated rings. The summed E-state index contributed by atoms with van der Waals surface area (Å²) in [6, 6.07) is 7.67. The largest absolute Gasteiger partial charge is 0.492 e. The lowest BCUT2D eigenvalue weighted by atomic mass is 9.82. The normalized spacial score (nSPS) is 11.9. The Kier molecular flexibility index (Phi) is 6.47. The zero-order valence-corrected chi connectivity index (χ0v) is 16.7. The first-order chi connectivity index (χ1) is 14.5. The minimum Gasteiger partial charge on any atom is -0.492 e. The highest BCUT2D eigenvalue weighted by Gasteiger charge is 2.36. The van der Waals surface area contributed by atoms with Gasteiger partial charge in [0.1, 0.15) is 11.5 Å². The Morgan fingerprint density at radius 2 is 1.53 bits per heavy atom. The summed E-state index contributed by atoms with van der Waals surface area (Å²) in [5.74, 6) is -0.919. The molecule has 0 radical (unpaired) electrons. The second-order valence-electron chi connectivity index (χ2n) is 6.58. The van der Waals surface area contributed by atoms with Gasteiger partial charge in [0, 0.05) is 11.1 Å². The molecule has 0 spiro atoms. The predicted molar refractivity (Wildman–Crippen MR) is 112 cm³/mol. The molecule has 0 N–H and O–H groups in total. The number of carbonyl (C=O) groups is 3. The topological polar surface area (TPSA) is 78.9 Å². The molecule has 6 nitrogen and oxygen atoms in total. The summed E-state index contributed by atoms with van der Waals surface area (Å²) in [6.45, 7) is 7.87. The number of benzene rings is 2. The SMILES string of the molecule is C=CCCOc1cccc2c1C(=O)c1c(OCCC=C)cc(C(=O)OC)cc1C2=O. The minimum absolute atomic E-state index is 0.104. The maximum Gasteiger partial charge on any atom is 0.338 e. The Morgan fingerprint density at radius 3 is 2.17 bits per heavy atom. The second-order valence-corrected chi connectivity index (χ2v) is 6.58. The number of esters is 1. The number of methoxy groups -OCH3 is 1. The average Bonchev–Trinajstić information content (AvgIpc) is 2.76. The molecule has 0 aromatic heterocycles. The highest BCUT2D eigenvalue weighted by Crippen LogP contribution is 2.38. The maximum atomic E-state index is 13.4. The fraction of sp³-hybridized carbons (Fsp3) is 0.208. The van der Waals surface area contributed by atoms with Crippen molar-refractivity contribution in [1.82, 2.24) is 0 Å². The zero-order chi connectivity index (χ0) is 21.7. The lowest BCUT2D eigenvalue weighted by Gasteiger charge is -2.23. The molecule has 2 aromatic carbocycles. The van der Waals surface area contributed by atoms with Crippen molar-refractivity contribution in [1.29, 1.82) is 0 Å². The van der Waals surface area contributed by atoms with E-state index >= 15 is 0 Å². The van der Waals surface area contributed by atoms with Gasteiger partial charge in [-0.25, -0.2) is 4.79 Å². The van der Waals surface area contributed by atoms with Crippen LogP contribution < -0.4 is 9.47 Å². The van der Waals surface area contributed by atoms with Crippen molar-refractivity contribution < 1.29 is 28.6 Å². The van der Waals surface area contributed by atoms with Crippen LogP contribution >= 0.6 is 0 Å². The van der Waals surface area contributed by atoms with Crippen molar-refractivity contribution in [3.63, 3.8) is 0 Å². The summed E-state index contributed by atoms with van der Waals surface area (Å²) in [5, 5.41) is 0. The van der Waals surface area contributed by atoms with E-state index in [0.717, 1.165) is 0 Å². The van der Waals surface area contributed by atoms with Crippen LogP contribution in [-0.2, 0) is 4.74 Å². The van der Waals surface area contributed by atoms with Gasteiger partial charge in [0.05, 0.1) is 37.0 Å². The lowest BCUT2D eigenvalue weighted by molar-refractivity contribution is 0.0599. The van der Waals surface area contributed by atoms with Gasteiger partial charge in [-0.3, -0.25) is 9.59 Å². The molecule has 154 valence electrons. The van der Waals surface area contributed by atoms with Crippen molar-refractivity contribution in [3.05, 3.63) is 83.5 Å². The number of ketones is 2. The first-order valence-electron chi connectivity index (χ1n) is 9.49. The summed E-state index contributed by atoms with van der Waals surface area (Å²) in [5.41, 5.74) is 0.769. The van der Waals surface area contributed by atoms with Crippen molar-refractivity contribution in [3.8, 4) is 11.5 Å². The number of ether oxygens (including phenoxy) is 3. The standard InChI is InChI=1S/C24H22O6/c1-4-6-11-29-18-10-8-9-16-20(18)23(26)21-17(22(16)25)13-15(24(27)28-3)14-19(21)30-12-7-5-2/h4-5,8-10,13-14H,1-2,6-7,11-12H2,3H3. The van der Waals surface area contributed by atoms with Gasteiger partial charge in [0.2, 0.25) is 5.78 Å². The van der Waals surface area contributed by atoms with E-state index in [-0.39, 0.29) is 51.7 Å². The Bertz CT molecular complexity index is 1030. The molecule has 0 aliphatic heterocycles. The van der Waals surface area contributed by atoms with Crippen LogP contribution in [0.25, 0.3) is 0 Å². The van der Waals surface area contributed by atoms with Gasteiger partial charge in [-0.2, -0.15) is 0 Å². The van der Waals surface area contributed by atoms with Crippen LogP contribution in [0.1, 0.15) is 55.0 Å². The molecule has 6 heteroatoms. The molecule has 0 amide bonds. The smallest absolute Gasteiger partial charge is 0.338 e. The van der Waals surface area contributed by atoms with Crippen LogP contribution in [-0.4, -0.2) is 37.9 Å². The number of carbonyl (C=O) groups excluding carboxylic acids is 3. The second kappa shape index (κ2) is 9.22. The molecule has 3 rings (SSSR count). The van der Waals surface area contributed by atoms with E-state index in [2.05, 4.69) is 13.2 Å². The Hall–Kier alpha value is -3.67. The van der Waals surface area contributed by atoms with E-state index in [0.29, 0.717) is 25.2 Å². The van der Waals surface area contributed by atoms with Crippen molar-refractivity contribution in [2.24, 2.45) is 0 Å². The molecule has 0 bridgehead atoms. The highest BCUT2D eigenvalue weighted by molar-refractivity contribution is 6.30. The fourth-order valence-electron chi connectivity index (χ4n) is 3.23. The van der Waals surface area contributed by atoms with Crippen LogP contribution in [0.2, 0.25) is 0 Å². The van der Waals surface area contributed by atoms with Gasteiger partial charge < -0.3 is 14.2 Å². The van der Waals surface area contributed by atoms with Gasteiger partial charge >= 0.3 is 5.97 Å². The van der Waals surface area contributed by atoms with Crippen LogP contribution in [0, 0.1) is 0 Å². The Morgan fingerprint density at radius 1 is 0.900 bits per heavy atom. The molecule has 1 aliphatic rings. The molecule has 0 heterocycles. The summed E-state index contributed by atoms with van der Waals surface area (Å²) in [7, 11) is 1.25. The summed E-state index contributed by atoms with van der Waals surface area (Å²) in [6.07, 6.45) is 4.51. The quantitative estimate of drug-likeness (QED) is 0.302. The van der Waals surface area contributed by atoms with Gasteiger partial charge in [-0.1, -0.05) is 24.3 Å². The third-order valence-electron chi connectivity index (χ3n) is 4.65. The highest BCUT2D eigenvalue weighted by atomic mass is 16.5. The van der Waals surface area contributed by atoms with E-state index in [1.54, 1.807) is 30.4 Å². The molecule has 1 aliphatic carbocycles. The van der Waals surface area contributed by atoms with Crippen LogP contribution in [0.3, 0.4) is 0 Å². The number of rotatable bonds is 9. The van der Waals surface area contributed by atoms with Gasteiger partial charge in [-0.15, -0.1) is 13.2 Å². The maximum absolute atomic E-state index is 13.4. The first kappa shape index (κ1) is 21.0. The van der Waals surface area contributed by atoms with Crippen LogP contribution in [0.15, 0.2) is 55.6 Å². The van der Waals surface area contributed by atoms with E-state index in [1.165, 1.54) is 19.2 Å². The zero-order valence-electron chi connectivity index (χ0n) is 16.7. The summed E-state index contributed by atoms with van der Waals surface area (Å²) >= 11 is 0. The lowest BCUT2D eigenvalue weighted by Crippen LogP contribution is -2.24. The number of hydrogen-bond donors (Lipinski definition) is 0. The molecule has 0 unspecified atom stereocenters. The molecular formula is C24H22O6. The predicted octanol–water partition coefficient (Wildman–Crippen LogP) is 4.16. The minimum atomic E-state index is -0.626. The Labute approximate surface area is 174 Å². The molecule has 0 saturated carbocycles. The van der Waals surface area contributed by atoms with E-state index < -0.39 is 5.97 Å². The van der Waals surface area contributed by atoms with Gasteiger partial charge in [0.25, 0.3) is 0 Å². The van der Waals surface area contributed by atoms with Crippen molar-refractivity contribution >= 4 is 17.5 Å². The van der Waals surface area contributed by atoms with Crippen molar-refractivity contribution in [2.45, 2.75) is 12.8 Å². The van der Waals surface area contributed by atoms with Gasteiger partial charge in [-0.05, 0) is 31.0 Å². The molecule has 30 heavy (non-hydrogen) atoms. The number of fused-ring (bicyclic) bond motifs is 2. The number of hydrogen-bond acceptors (Lipinski definition) is 6. The monoisotopic (exact) mass is 406 g/mol. The van der Waals surface area contributed by atoms with Gasteiger partial charge in [0.15, 0.2) is 5.78 Å². The third kappa shape index (κ3) is 3.89. The molecular weight excluding hydrogens is 384 g/mol. The van der Waals surface area contributed by atoms with E-state index in [9.17, 15) is 14.4 Å². The molecule has 2 aromatic rings. The van der Waals surface area contributed by atoms with Crippen LogP contribution in [0.5, 0.6) is 11.5 Å². The first-order valence-corrected chi connectivity index (χ1v) is 9.49. The molecule has 0 saturated heterocycles. The molecule has 0 atom stereocenters. The van der Waals surface area contributed by atoms with E-state index in [1.807, 2.05) is 0 Å². The van der Waals surface area contributed by atoms with E-state index in [4.69, 9.17) is 14.2 Å². The summed E-state index contributed by atoms with van der Waals surface area (Å²) in [4.78, 5) is 38.8.